The second-order valence-corrected chi connectivity index (χ2v) is 7.84. The van der Waals surface area contributed by atoms with Crippen molar-refractivity contribution >= 4 is 28.2 Å². The molecule has 1 aliphatic rings. The van der Waals surface area contributed by atoms with Crippen LogP contribution in [0.1, 0.15) is 40.3 Å². The number of nitrogens with zero attached hydrogens (tertiary/aromatic N) is 2. The Morgan fingerprint density at radius 1 is 0.966 bits per heavy atom. The van der Waals surface area contributed by atoms with Crippen LogP contribution in [0.3, 0.4) is 0 Å². The first kappa shape index (κ1) is 19.4. The first-order chi connectivity index (χ1) is 14.0. The highest BCUT2D eigenvalue weighted by molar-refractivity contribution is 6.11. The van der Waals surface area contributed by atoms with Crippen molar-refractivity contribution in [2.45, 2.75) is 26.8 Å². The van der Waals surface area contributed by atoms with Gasteiger partial charge in [0.05, 0.1) is 6.04 Å². The summed E-state index contributed by atoms with van der Waals surface area (Å²) >= 11 is 0. The van der Waals surface area contributed by atoms with E-state index in [1.807, 2.05) is 62.4 Å². The predicted molar refractivity (Wildman–Crippen MR) is 117 cm³/mol. The lowest BCUT2D eigenvalue weighted by Crippen LogP contribution is -2.51. The van der Waals surface area contributed by atoms with E-state index in [9.17, 15) is 9.59 Å². The summed E-state index contributed by atoms with van der Waals surface area (Å²) in [5.41, 5.74) is 4.63. The van der Waals surface area contributed by atoms with Crippen LogP contribution in [0.25, 0.3) is 10.9 Å². The Hall–Kier alpha value is -2.92. The number of rotatable bonds is 5. The van der Waals surface area contributed by atoms with Crippen LogP contribution < -0.4 is 4.90 Å². The number of benzene rings is 2. The average Bonchev–Trinajstić information content (AvgIpc) is 3.08. The van der Waals surface area contributed by atoms with E-state index in [4.69, 9.17) is 0 Å². The van der Waals surface area contributed by atoms with E-state index in [0.717, 1.165) is 59.6 Å². The van der Waals surface area contributed by atoms with Gasteiger partial charge in [-0.15, -0.1) is 0 Å². The SMILES string of the molecule is CC(=O)c1ccc(N2CCN(C(C)C(=O)c3c(C)[nH]c4ccccc34)CC2)cc1. The number of carbonyl (C=O) groups excluding carboxylic acids is 2. The van der Waals surface area contributed by atoms with E-state index in [1.165, 1.54) is 0 Å². The molecule has 29 heavy (non-hydrogen) atoms. The highest BCUT2D eigenvalue weighted by atomic mass is 16.1. The smallest absolute Gasteiger partial charge is 0.182 e. The van der Waals surface area contributed by atoms with Gasteiger partial charge in [-0.05, 0) is 51.1 Å². The summed E-state index contributed by atoms with van der Waals surface area (Å²) in [7, 11) is 0. The fourth-order valence-corrected chi connectivity index (χ4v) is 4.24. The Labute approximate surface area is 171 Å². The fraction of sp³-hybridized carbons (Fsp3) is 0.333. The Kier molecular flexibility index (Phi) is 5.24. The molecule has 1 unspecified atom stereocenters. The van der Waals surface area contributed by atoms with E-state index < -0.39 is 0 Å². The van der Waals surface area contributed by atoms with Gasteiger partial charge in [-0.1, -0.05) is 18.2 Å². The van der Waals surface area contributed by atoms with Gasteiger partial charge in [-0.2, -0.15) is 0 Å². The van der Waals surface area contributed by atoms with E-state index in [0.29, 0.717) is 0 Å². The van der Waals surface area contributed by atoms with Crippen molar-refractivity contribution in [1.82, 2.24) is 9.88 Å². The number of hydrogen-bond donors (Lipinski definition) is 1. The topological polar surface area (TPSA) is 56.4 Å². The van der Waals surface area contributed by atoms with Gasteiger partial charge in [0, 0.05) is 59.6 Å². The molecule has 0 radical (unpaired) electrons. The maximum atomic E-state index is 13.3. The lowest BCUT2D eigenvalue weighted by atomic mass is 10.0. The molecule has 3 aromatic rings. The summed E-state index contributed by atoms with van der Waals surface area (Å²) in [4.78, 5) is 32.7. The third-order valence-corrected chi connectivity index (χ3v) is 6.02. The van der Waals surface area contributed by atoms with Crippen LogP contribution in [0, 0.1) is 6.92 Å². The monoisotopic (exact) mass is 389 g/mol. The maximum Gasteiger partial charge on any atom is 0.182 e. The molecule has 1 aromatic heterocycles. The van der Waals surface area contributed by atoms with Gasteiger partial charge in [-0.25, -0.2) is 0 Å². The molecular weight excluding hydrogens is 362 g/mol. The Bertz CT molecular complexity index is 1040. The number of ketones is 2. The summed E-state index contributed by atoms with van der Waals surface area (Å²) in [6.07, 6.45) is 0. The van der Waals surface area contributed by atoms with Gasteiger partial charge in [0.15, 0.2) is 11.6 Å². The number of aromatic amines is 1. The first-order valence-electron chi connectivity index (χ1n) is 10.2. The number of nitrogens with one attached hydrogen (secondary N) is 1. The van der Waals surface area contributed by atoms with Gasteiger partial charge < -0.3 is 9.88 Å². The highest BCUT2D eigenvalue weighted by Crippen LogP contribution is 2.25. The third-order valence-electron chi connectivity index (χ3n) is 6.02. The third kappa shape index (κ3) is 3.70. The molecule has 4 rings (SSSR count). The molecule has 150 valence electrons. The second kappa shape index (κ2) is 7.84. The van der Waals surface area contributed by atoms with Crippen molar-refractivity contribution in [2.24, 2.45) is 0 Å². The van der Waals surface area contributed by atoms with Gasteiger partial charge in [0.25, 0.3) is 0 Å². The minimum Gasteiger partial charge on any atom is -0.369 e. The molecule has 2 aromatic carbocycles. The molecule has 0 amide bonds. The fourth-order valence-electron chi connectivity index (χ4n) is 4.24. The molecule has 1 aliphatic heterocycles. The number of anilines is 1. The number of Topliss-reactive ketones (excluding diaryl/α,β-unsaturated/α-hetero) is 2. The zero-order valence-electron chi connectivity index (χ0n) is 17.2. The van der Waals surface area contributed by atoms with Crippen molar-refractivity contribution in [1.29, 1.82) is 0 Å². The number of carbonyl (C=O) groups is 2. The Balaban J connectivity index is 1.44. The largest absolute Gasteiger partial charge is 0.369 e. The molecule has 0 saturated carbocycles. The molecule has 2 heterocycles. The number of fused-ring (bicyclic) bond motifs is 1. The van der Waals surface area contributed by atoms with Crippen molar-refractivity contribution in [2.75, 3.05) is 31.1 Å². The minimum atomic E-state index is -0.157. The molecule has 0 spiro atoms. The molecule has 1 fully saturated rings. The number of H-pyrrole nitrogens is 1. The summed E-state index contributed by atoms with van der Waals surface area (Å²) in [6.45, 7) is 8.98. The zero-order chi connectivity index (χ0) is 20.5. The van der Waals surface area contributed by atoms with E-state index in [1.54, 1.807) is 6.92 Å². The molecule has 5 heteroatoms. The highest BCUT2D eigenvalue weighted by Gasteiger charge is 2.28. The van der Waals surface area contributed by atoms with E-state index in [-0.39, 0.29) is 17.6 Å². The first-order valence-corrected chi connectivity index (χ1v) is 10.2. The number of hydrogen-bond acceptors (Lipinski definition) is 4. The van der Waals surface area contributed by atoms with Crippen LogP contribution in [0.2, 0.25) is 0 Å². The number of aromatic nitrogens is 1. The van der Waals surface area contributed by atoms with E-state index in [2.05, 4.69) is 14.8 Å². The summed E-state index contributed by atoms with van der Waals surface area (Å²) in [6, 6.07) is 15.6. The molecule has 5 nitrogen and oxygen atoms in total. The average molecular weight is 389 g/mol. The molecule has 0 bridgehead atoms. The van der Waals surface area contributed by atoms with Gasteiger partial charge >= 0.3 is 0 Å². The molecule has 1 saturated heterocycles. The predicted octanol–water partition coefficient (Wildman–Crippen LogP) is 4.07. The van der Waals surface area contributed by atoms with Crippen LogP contribution in [0.15, 0.2) is 48.5 Å². The van der Waals surface area contributed by atoms with Crippen LogP contribution in [0.4, 0.5) is 5.69 Å². The summed E-state index contributed by atoms with van der Waals surface area (Å²) < 4.78 is 0. The van der Waals surface area contributed by atoms with Gasteiger partial charge in [0.2, 0.25) is 0 Å². The van der Waals surface area contributed by atoms with Crippen LogP contribution in [0.5, 0.6) is 0 Å². The normalized spacial score (nSPS) is 16.2. The van der Waals surface area contributed by atoms with E-state index >= 15 is 0 Å². The molecule has 0 aliphatic carbocycles. The Morgan fingerprint density at radius 2 is 1.62 bits per heavy atom. The summed E-state index contributed by atoms with van der Waals surface area (Å²) in [5, 5.41) is 1.01. The van der Waals surface area contributed by atoms with Crippen molar-refractivity contribution in [3.8, 4) is 0 Å². The number of aryl methyl sites for hydroxylation is 1. The molecule has 1 atom stereocenters. The molecule has 1 N–H and O–H groups in total. The lowest BCUT2D eigenvalue weighted by Gasteiger charge is -2.38. The maximum absolute atomic E-state index is 13.3. The second-order valence-electron chi connectivity index (χ2n) is 7.84. The van der Waals surface area contributed by atoms with Crippen LogP contribution >= 0.6 is 0 Å². The van der Waals surface area contributed by atoms with Crippen molar-refractivity contribution in [3.05, 3.63) is 65.4 Å². The Morgan fingerprint density at radius 3 is 2.28 bits per heavy atom. The van der Waals surface area contributed by atoms with Crippen LogP contribution in [-0.2, 0) is 0 Å². The number of para-hydroxylation sites is 1. The summed E-state index contributed by atoms with van der Waals surface area (Å²) in [5.74, 6) is 0.264. The quantitative estimate of drug-likeness (QED) is 0.668. The van der Waals surface area contributed by atoms with Crippen LogP contribution in [-0.4, -0.2) is 53.7 Å². The van der Waals surface area contributed by atoms with Crippen molar-refractivity contribution < 1.29 is 9.59 Å². The van der Waals surface area contributed by atoms with Gasteiger partial charge in [0.1, 0.15) is 0 Å². The van der Waals surface area contributed by atoms with Gasteiger partial charge in [-0.3, -0.25) is 14.5 Å². The lowest BCUT2D eigenvalue weighted by molar-refractivity contribution is 0.0831. The zero-order valence-corrected chi connectivity index (χ0v) is 17.2. The molecular formula is C24H27N3O2. The standard InChI is InChI=1S/C24H27N3O2/c1-16-23(21-6-4-5-7-22(21)25-16)24(29)17(2)26-12-14-27(15-13-26)20-10-8-19(9-11-20)18(3)28/h4-11,17,25H,12-15H2,1-3H3. The number of piperazine rings is 1. The minimum absolute atomic E-state index is 0.0845. The van der Waals surface area contributed by atoms with Crippen molar-refractivity contribution in [3.63, 3.8) is 0 Å².